The van der Waals surface area contributed by atoms with Gasteiger partial charge in [-0.25, -0.2) is 9.59 Å². The lowest BCUT2D eigenvalue weighted by molar-refractivity contribution is -0.192. The number of benzene rings is 1. The summed E-state index contributed by atoms with van der Waals surface area (Å²) < 4.78 is 37.8. The molecule has 0 bridgehead atoms. The SMILES string of the molecule is CCCCC1N(CC(=O)N(C)C)C(=O)OC12CCN(C1CCN(C(=O)c3c(C)cccc3C)CC1)CC2.O=C(O)C(F)(F)F. The molecule has 1 atom stereocenters. The van der Waals surface area contributed by atoms with Crippen LogP contribution in [0.15, 0.2) is 18.2 Å². The van der Waals surface area contributed by atoms with Crippen LogP contribution in [0, 0.1) is 13.8 Å². The Morgan fingerprint density at radius 1 is 1.05 bits per heavy atom. The Hall–Kier alpha value is -3.35. The zero-order valence-corrected chi connectivity index (χ0v) is 26.3. The maximum Gasteiger partial charge on any atom is 0.490 e. The molecule has 3 aliphatic heterocycles. The molecule has 44 heavy (non-hydrogen) atoms. The third-order valence-electron chi connectivity index (χ3n) is 8.99. The van der Waals surface area contributed by atoms with Gasteiger partial charge in [0.15, 0.2) is 0 Å². The quantitative estimate of drug-likeness (QED) is 0.476. The lowest BCUT2D eigenvalue weighted by Crippen LogP contribution is -2.56. The molecule has 1 spiro atoms. The van der Waals surface area contributed by atoms with E-state index in [2.05, 4.69) is 11.8 Å². The number of carbonyl (C=O) groups excluding carboxylic acids is 3. The molecule has 0 saturated carbocycles. The lowest BCUT2D eigenvalue weighted by Gasteiger charge is -2.46. The summed E-state index contributed by atoms with van der Waals surface area (Å²) in [5, 5.41) is 7.12. The van der Waals surface area contributed by atoms with Gasteiger partial charge in [0.1, 0.15) is 12.1 Å². The first-order valence-electron chi connectivity index (χ1n) is 15.2. The standard InChI is InChI=1S/C29H44N4O4.C2HF3O2/c1-6-7-11-24-29(37-28(36)33(24)20-25(34)30(4)5)14-18-31(19-15-29)23-12-16-32(17-13-23)27(35)26-21(2)9-8-10-22(26)3;3-2(4,5)1(6)7/h8-10,23-24H,6-7,11-20H2,1-5H3;(H,6,7). The molecule has 0 aliphatic carbocycles. The Labute approximate surface area is 257 Å². The molecule has 13 heteroatoms. The third-order valence-corrected chi connectivity index (χ3v) is 8.99. The van der Waals surface area contributed by atoms with Crippen molar-refractivity contribution >= 4 is 23.9 Å². The van der Waals surface area contributed by atoms with Crippen LogP contribution in [0.25, 0.3) is 0 Å². The third kappa shape index (κ3) is 8.22. The smallest absolute Gasteiger partial charge is 0.475 e. The van der Waals surface area contributed by atoms with Crippen molar-refractivity contribution in [3.63, 3.8) is 0 Å². The molecule has 3 saturated heterocycles. The summed E-state index contributed by atoms with van der Waals surface area (Å²) in [7, 11) is 3.44. The minimum Gasteiger partial charge on any atom is -0.475 e. The summed E-state index contributed by atoms with van der Waals surface area (Å²) in [5.41, 5.74) is 2.42. The van der Waals surface area contributed by atoms with Gasteiger partial charge >= 0.3 is 18.2 Å². The van der Waals surface area contributed by atoms with Crippen molar-refractivity contribution < 1.29 is 42.2 Å². The highest BCUT2D eigenvalue weighted by Crippen LogP contribution is 2.41. The summed E-state index contributed by atoms with van der Waals surface area (Å²) in [6.07, 6.45) is 1.000. The number of hydrogen-bond acceptors (Lipinski definition) is 6. The Kier molecular flexibility index (Phi) is 11.7. The van der Waals surface area contributed by atoms with Crippen molar-refractivity contribution in [1.29, 1.82) is 0 Å². The van der Waals surface area contributed by atoms with E-state index in [0.29, 0.717) is 6.04 Å². The maximum absolute atomic E-state index is 13.2. The molecule has 1 unspecified atom stereocenters. The van der Waals surface area contributed by atoms with Gasteiger partial charge < -0.3 is 19.6 Å². The van der Waals surface area contributed by atoms with Crippen LogP contribution in [0.1, 0.15) is 73.4 Å². The number of alkyl halides is 3. The van der Waals surface area contributed by atoms with Crippen LogP contribution >= 0.6 is 0 Å². The number of hydrogen-bond donors (Lipinski definition) is 1. The van der Waals surface area contributed by atoms with Gasteiger partial charge in [-0.3, -0.25) is 19.4 Å². The fourth-order valence-corrected chi connectivity index (χ4v) is 6.44. The number of ether oxygens (including phenoxy) is 1. The van der Waals surface area contributed by atoms with Gasteiger partial charge in [0.25, 0.3) is 5.91 Å². The van der Waals surface area contributed by atoms with Crippen molar-refractivity contribution in [2.45, 2.75) is 89.6 Å². The average Bonchev–Trinajstić information content (AvgIpc) is 3.20. The lowest BCUT2D eigenvalue weighted by atomic mass is 9.81. The van der Waals surface area contributed by atoms with Crippen LogP contribution in [0.4, 0.5) is 18.0 Å². The molecule has 10 nitrogen and oxygen atoms in total. The van der Waals surface area contributed by atoms with Crippen molar-refractivity contribution in [3.05, 3.63) is 34.9 Å². The number of piperidine rings is 2. The number of aliphatic carboxylic acids is 1. The second-order valence-corrected chi connectivity index (χ2v) is 12.1. The van der Waals surface area contributed by atoms with Crippen LogP contribution in [-0.2, 0) is 14.3 Å². The Morgan fingerprint density at radius 3 is 2.07 bits per heavy atom. The summed E-state index contributed by atoms with van der Waals surface area (Å²) in [4.78, 5) is 55.2. The number of nitrogens with zero attached hydrogens (tertiary/aromatic N) is 4. The molecule has 3 aliphatic rings. The minimum atomic E-state index is -5.08. The molecule has 1 aromatic carbocycles. The average molecular weight is 627 g/mol. The summed E-state index contributed by atoms with van der Waals surface area (Å²) in [6.45, 7) is 9.55. The molecular weight excluding hydrogens is 581 g/mol. The van der Waals surface area contributed by atoms with E-state index >= 15 is 0 Å². The second kappa shape index (κ2) is 14.6. The minimum absolute atomic E-state index is 0.0529. The molecule has 3 heterocycles. The van der Waals surface area contributed by atoms with E-state index < -0.39 is 17.7 Å². The number of halogens is 3. The zero-order chi connectivity index (χ0) is 32.8. The van der Waals surface area contributed by atoms with Crippen LogP contribution in [0.3, 0.4) is 0 Å². The van der Waals surface area contributed by atoms with Gasteiger partial charge in [0, 0.05) is 64.7 Å². The number of carbonyl (C=O) groups is 4. The van der Waals surface area contributed by atoms with E-state index in [0.717, 1.165) is 87.8 Å². The zero-order valence-electron chi connectivity index (χ0n) is 26.3. The molecule has 0 aromatic heterocycles. The maximum atomic E-state index is 13.2. The van der Waals surface area contributed by atoms with Gasteiger partial charge in [-0.15, -0.1) is 0 Å². The van der Waals surface area contributed by atoms with Gasteiger partial charge in [0.05, 0.1) is 6.04 Å². The van der Waals surface area contributed by atoms with Crippen molar-refractivity contribution in [2.24, 2.45) is 0 Å². The molecule has 4 rings (SSSR count). The second-order valence-electron chi connectivity index (χ2n) is 12.1. The Balaban J connectivity index is 0.000000676. The molecule has 1 N–H and O–H groups in total. The molecule has 1 aromatic rings. The first kappa shape index (κ1) is 35.1. The van der Waals surface area contributed by atoms with Gasteiger partial charge in [-0.05, 0) is 44.2 Å². The number of rotatable bonds is 7. The van der Waals surface area contributed by atoms with Crippen LogP contribution in [-0.4, -0.2) is 119 Å². The fraction of sp³-hybridized carbons (Fsp3) is 0.677. The molecule has 3 fully saturated rings. The predicted octanol–water partition coefficient (Wildman–Crippen LogP) is 4.48. The van der Waals surface area contributed by atoms with Gasteiger partial charge in [0.2, 0.25) is 5.91 Å². The molecular formula is C31H45F3N4O6. The Morgan fingerprint density at radius 2 is 1.59 bits per heavy atom. The van der Waals surface area contributed by atoms with E-state index in [1.807, 2.05) is 36.9 Å². The number of likely N-dealkylation sites (N-methyl/N-ethyl adjacent to an activating group) is 1. The molecule has 3 amide bonds. The number of unbranched alkanes of at least 4 members (excludes halogenated alkanes) is 1. The van der Waals surface area contributed by atoms with E-state index in [1.165, 1.54) is 4.90 Å². The van der Waals surface area contributed by atoms with Crippen LogP contribution < -0.4 is 0 Å². The summed E-state index contributed by atoms with van der Waals surface area (Å²) in [6, 6.07) is 6.42. The number of amides is 3. The molecule has 0 radical (unpaired) electrons. The first-order chi connectivity index (χ1) is 20.6. The van der Waals surface area contributed by atoms with Crippen LogP contribution in [0.5, 0.6) is 0 Å². The highest BCUT2D eigenvalue weighted by atomic mass is 19.4. The van der Waals surface area contributed by atoms with Crippen LogP contribution in [0.2, 0.25) is 0 Å². The predicted molar refractivity (Wildman–Crippen MR) is 157 cm³/mol. The van der Waals surface area contributed by atoms with E-state index in [1.54, 1.807) is 19.0 Å². The van der Waals surface area contributed by atoms with E-state index in [9.17, 15) is 27.6 Å². The number of carboxylic acid groups (broad SMARTS) is 1. The van der Waals surface area contributed by atoms with E-state index in [4.69, 9.17) is 14.6 Å². The van der Waals surface area contributed by atoms with E-state index in [-0.39, 0.29) is 30.5 Å². The monoisotopic (exact) mass is 626 g/mol. The number of carboxylic acids is 1. The topological polar surface area (TPSA) is 111 Å². The number of likely N-dealkylation sites (tertiary alicyclic amines) is 2. The largest absolute Gasteiger partial charge is 0.490 e. The first-order valence-corrected chi connectivity index (χ1v) is 15.2. The Bertz CT molecular complexity index is 1170. The van der Waals surface area contributed by atoms with Crippen molar-refractivity contribution in [1.82, 2.24) is 19.6 Å². The van der Waals surface area contributed by atoms with Gasteiger partial charge in [-0.2, -0.15) is 13.2 Å². The van der Waals surface area contributed by atoms with Crippen molar-refractivity contribution in [3.8, 4) is 0 Å². The highest BCUT2D eigenvalue weighted by Gasteiger charge is 2.55. The molecule has 246 valence electrons. The highest BCUT2D eigenvalue weighted by molar-refractivity contribution is 5.97. The summed E-state index contributed by atoms with van der Waals surface area (Å²) in [5.74, 6) is -2.68. The number of aryl methyl sites for hydroxylation is 2. The fourth-order valence-electron chi connectivity index (χ4n) is 6.44. The normalized spacial score (nSPS) is 20.6. The van der Waals surface area contributed by atoms with Crippen molar-refractivity contribution in [2.75, 3.05) is 46.8 Å². The summed E-state index contributed by atoms with van der Waals surface area (Å²) >= 11 is 0. The van der Waals surface area contributed by atoms with Gasteiger partial charge in [-0.1, -0.05) is 38.0 Å².